The number of ether oxygens (including phenoxy) is 1. The largest absolute Gasteiger partial charge is 0.497 e. The number of methoxy groups -OCH3 is 1. The van der Waals surface area contributed by atoms with Gasteiger partial charge in [-0.15, -0.1) is 0 Å². The third kappa shape index (κ3) is 3.22. The highest BCUT2D eigenvalue weighted by molar-refractivity contribution is 7.89. The summed E-state index contributed by atoms with van der Waals surface area (Å²) in [7, 11) is -1.85. The van der Waals surface area contributed by atoms with Crippen molar-refractivity contribution in [1.82, 2.24) is 9.29 Å². The number of rotatable bonds is 4. The number of hydrogen-bond donors (Lipinski definition) is 0. The van der Waals surface area contributed by atoms with E-state index in [2.05, 4.69) is 9.88 Å². The molecule has 1 aliphatic rings. The normalized spacial score (nSPS) is 16.2. The lowest BCUT2D eigenvalue weighted by molar-refractivity contribution is 0.383. The molecule has 128 valence electrons. The van der Waals surface area contributed by atoms with Gasteiger partial charge < -0.3 is 9.64 Å². The van der Waals surface area contributed by atoms with Gasteiger partial charge in [-0.1, -0.05) is 6.07 Å². The molecule has 0 aliphatic carbocycles. The molecule has 1 aromatic heterocycles. The Kier molecular flexibility index (Phi) is 4.73. The average molecular weight is 347 g/mol. The molecular formula is C17H21N3O3S. The number of pyridine rings is 1. The van der Waals surface area contributed by atoms with Gasteiger partial charge in [0.15, 0.2) is 0 Å². The summed E-state index contributed by atoms with van der Waals surface area (Å²) in [5.74, 6) is 0.800. The van der Waals surface area contributed by atoms with Crippen LogP contribution >= 0.6 is 0 Å². The molecule has 0 N–H and O–H groups in total. The lowest BCUT2D eigenvalue weighted by Gasteiger charge is -2.35. The summed E-state index contributed by atoms with van der Waals surface area (Å²) in [5, 5.41) is 0. The van der Waals surface area contributed by atoms with E-state index >= 15 is 0 Å². The van der Waals surface area contributed by atoms with Crippen LogP contribution in [0.5, 0.6) is 5.75 Å². The van der Waals surface area contributed by atoms with E-state index in [1.54, 1.807) is 26.3 Å². The fraction of sp³-hybridized carbons (Fsp3) is 0.353. The highest BCUT2D eigenvalue weighted by Gasteiger charge is 2.29. The van der Waals surface area contributed by atoms with Gasteiger partial charge in [0.25, 0.3) is 0 Å². The van der Waals surface area contributed by atoms with Crippen LogP contribution in [0.15, 0.2) is 47.6 Å². The van der Waals surface area contributed by atoms with Crippen LogP contribution in [0.3, 0.4) is 0 Å². The Labute approximate surface area is 142 Å². The van der Waals surface area contributed by atoms with Gasteiger partial charge in [0, 0.05) is 50.3 Å². The molecule has 0 saturated carbocycles. The van der Waals surface area contributed by atoms with Gasteiger partial charge in [-0.3, -0.25) is 4.98 Å². The van der Waals surface area contributed by atoms with Crippen molar-refractivity contribution < 1.29 is 13.2 Å². The lowest BCUT2D eigenvalue weighted by atomic mass is 10.2. The maximum atomic E-state index is 12.8. The molecule has 0 radical (unpaired) electrons. The first kappa shape index (κ1) is 16.7. The van der Waals surface area contributed by atoms with Crippen molar-refractivity contribution in [2.24, 2.45) is 0 Å². The van der Waals surface area contributed by atoms with Gasteiger partial charge in [-0.05, 0) is 30.7 Å². The SMILES string of the molecule is COc1cccc(N2CCN(S(=O)(=O)c3cnccc3C)CC2)c1. The summed E-state index contributed by atoms with van der Waals surface area (Å²) in [6.45, 7) is 3.99. The van der Waals surface area contributed by atoms with E-state index in [0.29, 0.717) is 31.1 Å². The molecule has 0 spiro atoms. The molecule has 2 aromatic rings. The van der Waals surface area contributed by atoms with Crippen LogP contribution < -0.4 is 9.64 Å². The third-order valence-electron chi connectivity index (χ3n) is 4.27. The highest BCUT2D eigenvalue weighted by atomic mass is 32.2. The summed E-state index contributed by atoms with van der Waals surface area (Å²) >= 11 is 0. The second-order valence-electron chi connectivity index (χ2n) is 5.73. The smallest absolute Gasteiger partial charge is 0.244 e. The van der Waals surface area contributed by atoms with Crippen LogP contribution in [-0.4, -0.2) is 51.0 Å². The zero-order valence-corrected chi connectivity index (χ0v) is 14.7. The van der Waals surface area contributed by atoms with Crippen LogP contribution in [0.25, 0.3) is 0 Å². The molecule has 24 heavy (non-hydrogen) atoms. The molecule has 0 bridgehead atoms. The van der Waals surface area contributed by atoms with Crippen LogP contribution in [0.1, 0.15) is 5.56 Å². The van der Waals surface area contributed by atoms with E-state index in [1.165, 1.54) is 10.5 Å². The van der Waals surface area contributed by atoms with E-state index in [9.17, 15) is 8.42 Å². The quantitative estimate of drug-likeness (QED) is 0.845. The molecule has 1 saturated heterocycles. The number of nitrogens with zero attached hydrogens (tertiary/aromatic N) is 3. The third-order valence-corrected chi connectivity index (χ3v) is 6.29. The first-order valence-electron chi connectivity index (χ1n) is 7.82. The predicted octanol–water partition coefficient (Wildman–Crippen LogP) is 1.91. The van der Waals surface area contributed by atoms with E-state index in [0.717, 1.165) is 17.0 Å². The van der Waals surface area contributed by atoms with Crippen molar-refractivity contribution in [3.05, 3.63) is 48.3 Å². The number of hydrogen-bond acceptors (Lipinski definition) is 5. The second-order valence-corrected chi connectivity index (χ2v) is 7.64. The van der Waals surface area contributed by atoms with Crippen molar-refractivity contribution in [3.63, 3.8) is 0 Å². The Balaban J connectivity index is 1.74. The monoisotopic (exact) mass is 347 g/mol. The van der Waals surface area contributed by atoms with Crippen molar-refractivity contribution in [3.8, 4) is 5.75 Å². The van der Waals surface area contributed by atoms with Crippen molar-refractivity contribution in [1.29, 1.82) is 0 Å². The Bertz CT molecular complexity index is 815. The molecule has 0 unspecified atom stereocenters. The van der Waals surface area contributed by atoms with E-state index < -0.39 is 10.0 Å². The van der Waals surface area contributed by atoms with Crippen molar-refractivity contribution in [2.45, 2.75) is 11.8 Å². The number of aryl methyl sites for hydroxylation is 1. The van der Waals surface area contributed by atoms with Gasteiger partial charge >= 0.3 is 0 Å². The maximum absolute atomic E-state index is 12.8. The topological polar surface area (TPSA) is 62.7 Å². The van der Waals surface area contributed by atoms with Crippen LogP contribution in [-0.2, 0) is 10.0 Å². The molecule has 1 fully saturated rings. The first-order valence-corrected chi connectivity index (χ1v) is 9.26. The zero-order valence-electron chi connectivity index (χ0n) is 13.8. The fourth-order valence-corrected chi connectivity index (χ4v) is 4.44. The fourth-order valence-electron chi connectivity index (χ4n) is 2.85. The van der Waals surface area contributed by atoms with Crippen molar-refractivity contribution in [2.75, 3.05) is 38.2 Å². The van der Waals surface area contributed by atoms with Crippen molar-refractivity contribution >= 4 is 15.7 Å². The van der Waals surface area contributed by atoms with Gasteiger partial charge in [-0.25, -0.2) is 8.42 Å². The standard InChI is InChI=1S/C17H21N3O3S/c1-14-6-7-18-13-17(14)24(21,22)20-10-8-19(9-11-20)15-4-3-5-16(12-15)23-2/h3-7,12-13H,8-11H2,1-2H3. The van der Waals surface area contributed by atoms with Crippen LogP contribution in [0, 0.1) is 6.92 Å². The number of sulfonamides is 1. The van der Waals surface area contributed by atoms with E-state index in [4.69, 9.17) is 4.74 Å². The summed E-state index contributed by atoms with van der Waals surface area (Å²) in [4.78, 5) is 6.42. The molecule has 1 aliphatic heterocycles. The first-order chi connectivity index (χ1) is 11.5. The average Bonchev–Trinajstić information content (AvgIpc) is 2.62. The number of benzene rings is 1. The molecule has 7 heteroatoms. The minimum Gasteiger partial charge on any atom is -0.497 e. The van der Waals surface area contributed by atoms with Crippen LogP contribution in [0.2, 0.25) is 0 Å². The lowest BCUT2D eigenvalue weighted by Crippen LogP contribution is -2.48. The molecule has 6 nitrogen and oxygen atoms in total. The number of aromatic nitrogens is 1. The molecule has 0 amide bonds. The maximum Gasteiger partial charge on any atom is 0.244 e. The number of piperazine rings is 1. The highest BCUT2D eigenvalue weighted by Crippen LogP contribution is 2.24. The summed E-state index contributed by atoms with van der Waals surface area (Å²) in [5.41, 5.74) is 1.77. The minimum atomic E-state index is -3.49. The Morgan fingerprint density at radius 1 is 1.12 bits per heavy atom. The Morgan fingerprint density at radius 3 is 2.54 bits per heavy atom. The van der Waals surface area contributed by atoms with Gasteiger partial charge in [-0.2, -0.15) is 4.31 Å². The molecule has 1 aromatic carbocycles. The number of anilines is 1. The van der Waals surface area contributed by atoms with Gasteiger partial charge in [0.05, 0.1) is 7.11 Å². The molecule has 2 heterocycles. The van der Waals surface area contributed by atoms with Crippen LogP contribution in [0.4, 0.5) is 5.69 Å². The molecule has 0 atom stereocenters. The van der Waals surface area contributed by atoms with Gasteiger partial charge in [0.1, 0.15) is 10.6 Å². The molecule has 3 rings (SSSR count). The van der Waals surface area contributed by atoms with Gasteiger partial charge in [0.2, 0.25) is 10.0 Å². The Morgan fingerprint density at radius 2 is 1.88 bits per heavy atom. The predicted molar refractivity (Wildman–Crippen MR) is 92.9 cm³/mol. The second kappa shape index (κ2) is 6.78. The van der Waals surface area contributed by atoms with E-state index in [1.807, 2.05) is 24.3 Å². The summed E-state index contributed by atoms with van der Waals surface area (Å²) in [6, 6.07) is 9.54. The summed E-state index contributed by atoms with van der Waals surface area (Å²) < 4.78 is 32.4. The molecular weight excluding hydrogens is 326 g/mol. The van der Waals surface area contributed by atoms with E-state index in [-0.39, 0.29) is 0 Å². The Hall–Kier alpha value is -2.12. The summed E-state index contributed by atoms with van der Waals surface area (Å²) in [6.07, 6.45) is 3.04. The zero-order chi connectivity index (χ0) is 17.2. The minimum absolute atomic E-state index is 0.292.